The Morgan fingerprint density at radius 2 is 1.85 bits per heavy atom. The monoisotopic (exact) mass is 378 g/mol. The molecule has 0 aliphatic carbocycles. The number of carbonyl (C=O) groups is 2. The van der Waals surface area contributed by atoms with E-state index in [0.717, 1.165) is 17.0 Å². The summed E-state index contributed by atoms with van der Waals surface area (Å²) in [5, 5.41) is 2.95. The Morgan fingerprint density at radius 3 is 2.48 bits per heavy atom. The Bertz CT molecular complexity index is 850. The lowest BCUT2D eigenvalue weighted by molar-refractivity contribution is -0.137. The zero-order valence-electron chi connectivity index (χ0n) is 14.4. The second kappa shape index (κ2) is 7.30. The second-order valence-electron chi connectivity index (χ2n) is 5.97. The van der Waals surface area contributed by atoms with Crippen LogP contribution in [0.3, 0.4) is 0 Å². The summed E-state index contributed by atoms with van der Waals surface area (Å²) in [7, 11) is 0. The number of rotatable bonds is 5. The maximum atomic E-state index is 12.9. The van der Waals surface area contributed by atoms with Crippen LogP contribution in [-0.4, -0.2) is 24.5 Å². The lowest BCUT2D eigenvalue weighted by Gasteiger charge is -2.17. The third-order valence-corrected chi connectivity index (χ3v) is 4.08. The number of benzene rings is 2. The van der Waals surface area contributed by atoms with Crippen LogP contribution in [0.5, 0.6) is 5.75 Å². The number of ether oxygens (including phenoxy) is 1. The largest absolute Gasteiger partial charge is 0.494 e. The summed E-state index contributed by atoms with van der Waals surface area (Å²) in [6.07, 6.45) is -4.69. The fourth-order valence-corrected chi connectivity index (χ4v) is 2.85. The van der Waals surface area contributed by atoms with Gasteiger partial charge in [0, 0.05) is 5.69 Å². The van der Waals surface area contributed by atoms with Gasteiger partial charge in [-0.25, -0.2) is 4.90 Å². The standard InChI is InChI=1S/C19H17F3N2O3/c1-2-27-15-8-6-13(7-9-15)23-16-11-17(25)24(18(16)26)14-5-3-4-12(10-14)19(20,21)22/h3-10,16,23H,2,11H2,1H3/t16-/m0/s1. The van der Waals surface area contributed by atoms with Crippen LogP contribution in [-0.2, 0) is 15.8 Å². The molecule has 1 atom stereocenters. The third kappa shape index (κ3) is 4.05. The molecular weight excluding hydrogens is 361 g/mol. The van der Waals surface area contributed by atoms with Crippen molar-refractivity contribution in [3.8, 4) is 5.75 Å². The molecule has 2 amide bonds. The number of nitrogens with zero attached hydrogens (tertiary/aromatic N) is 1. The van der Waals surface area contributed by atoms with Crippen molar-refractivity contribution in [2.45, 2.75) is 25.6 Å². The lowest BCUT2D eigenvalue weighted by atomic mass is 10.2. The van der Waals surface area contributed by atoms with E-state index in [9.17, 15) is 22.8 Å². The Balaban J connectivity index is 1.77. The molecule has 0 spiro atoms. The van der Waals surface area contributed by atoms with Gasteiger partial charge in [-0.3, -0.25) is 9.59 Å². The lowest BCUT2D eigenvalue weighted by Crippen LogP contribution is -2.35. The van der Waals surface area contributed by atoms with Gasteiger partial charge in [-0.15, -0.1) is 0 Å². The number of alkyl halides is 3. The topological polar surface area (TPSA) is 58.6 Å². The zero-order valence-corrected chi connectivity index (χ0v) is 14.4. The Kier molecular flexibility index (Phi) is 5.07. The van der Waals surface area contributed by atoms with Crippen LogP contribution >= 0.6 is 0 Å². The molecule has 27 heavy (non-hydrogen) atoms. The van der Waals surface area contributed by atoms with Gasteiger partial charge in [0.05, 0.1) is 24.3 Å². The molecule has 1 fully saturated rings. The second-order valence-corrected chi connectivity index (χ2v) is 5.97. The molecule has 2 aromatic rings. The van der Waals surface area contributed by atoms with E-state index in [1.807, 2.05) is 6.92 Å². The minimum absolute atomic E-state index is 0.0872. The quantitative estimate of drug-likeness (QED) is 0.803. The van der Waals surface area contributed by atoms with Crippen LogP contribution in [0, 0.1) is 0 Å². The molecule has 0 aromatic heterocycles. The van der Waals surface area contributed by atoms with E-state index >= 15 is 0 Å². The third-order valence-electron chi connectivity index (χ3n) is 4.08. The highest BCUT2D eigenvalue weighted by Gasteiger charge is 2.40. The number of hydrogen-bond acceptors (Lipinski definition) is 4. The summed E-state index contributed by atoms with van der Waals surface area (Å²) in [5.74, 6) is -0.474. The Hall–Kier alpha value is -3.03. The highest BCUT2D eigenvalue weighted by molar-refractivity contribution is 6.23. The molecule has 1 aliphatic heterocycles. The van der Waals surface area contributed by atoms with Crippen LogP contribution in [0.25, 0.3) is 0 Å². The number of amides is 2. The van der Waals surface area contributed by atoms with Crippen molar-refractivity contribution in [1.29, 1.82) is 0 Å². The van der Waals surface area contributed by atoms with Crippen LogP contribution in [0.1, 0.15) is 18.9 Å². The van der Waals surface area contributed by atoms with E-state index in [2.05, 4.69) is 5.32 Å². The van der Waals surface area contributed by atoms with E-state index < -0.39 is 29.6 Å². The molecule has 1 heterocycles. The van der Waals surface area contributed by atoms with Gasteiger partial charge in [0.1, 0.15) is 11.8 Å². The van der Waals surface area contributed by atoms with Gasteiger partial charge >= 0.3 is 6.18 Å². The van der Waals surface area contributed by atoms with Gasteiger partial charge in [-0.1, -0.05) is 6.07 Å². The number of anilines is 2. The Labute approximate surface area is 153 Å². The Morgan fingerprint density at radius 1 is 1.15 bits per heavy atom. The zero-order chi connectivity index (χ0) is 19.6. The van der Waals surface area contributed by atoms with E-state index in [1.54, 1.807) is 24.3 Å². The number of hydrogen-bond donors (Lipinski definition) is 1. The molecule has 1 saturated heterocycles. The van der Waals surface area contributed by atoms with Crippen molar-refractivity contribution >= 4 is 23.2 Å². The molecule has 3 rings (SSSR count). The number of imide groups is 1. The molecule has 0 unspecified atom stereocenters. The van der Waals surface area contributed by atoms with E-state index in [4.69, 9.17) is 4.74 Å². The van der Waals surface area contributed by atoms with Crippen molar-refractivity contribution < 1.29 is 27.5 Å². The number of halogens is 3. The summed E-state index contributed by atoms with van der Waals surface area (Å²) >= 11 is 0. The minimum Gasteiger partial charge on any atom is -0.494 e. The van der Waals surface area contributed by atoms with Gasteiger partial charge in [-0.05, 0) is 49.4 Å². The summed E-state index contributed by atoms with van der Waals surface area (Å²) in [6.45, 7) is 2.38. The molecule has 0 saturated carbocycles. The fourth-order valence-electron chi connectivity index (χ4n) is 2.85. The molecule has 1 N–H and O–H groups in total. The average molecular weight is 378 g/mol. The van der Waals surface area contributed by atoms with E-state index in [1.165, 1.54) is 12.1 Å². The van der Waals surface area contributed by atoms with Crippen LogP contribution < -0.4 is 15.0 Å². The highest BCUT2D eigenvalue weighted by Crippen LogP contribution is 2.33. The first-order valence-electron chi connectivity index (χ1n) is 8.33. The molecular formula is C19H17F3N2O3. The van der Waals surface area contributed by atoms with Crippen molar-refractivity contribution in [3.05, 3.63) is 54.1 Å². The van der Waals surface area contributed by atoms with Gasteiger partial charge in [0.2, 0.25) is 5.91 Å². The maximum absolute atomic E-state index is 12.9. The molecule has 1 aliphatic rings. The number of carbonyl (C=O) groups excluding carboxylic acids is 2. The van der Waals surface area contributed by atoms with Crippen LogP contribution in [0.15, 0.2) is 48.5 Å². The van der Waals surface area contributed by atoms with Gasteiger partial charge in [-0.2, -0.15) is 13.2 Å². The van der Waals surface area contributed by atoms with Crippen molar-refractivity contribution in [2.24, 2.45) is 0 Å². The van der Waals surface area contributed by atoms with E-state index in [-0.39, 0.29) is 12.1 Å². The SMILES string of the molecule is CCOc1ccc(N[C@H]2CC(=O)N(c3cccc(C(F)(F)F)c3)C2=O)cc1. The first kappa shape index (κ1) is 18.8. The van der Waals surface area contributed by atoms with E-state index in [0.29, 0.717) is 18.0 Å². The normalized spacial score (nSPS) is 17.3. The first-order chi connectivity index (χ1) is 12.8. The fraction of sp³-hybridized carbons (Fsp3) is 0.263. The average Bonchev–Trinajstić information content (AvgIpc) is 2.90. The molecule has 2 aromatic carbocycles. The molecule has 0 bridgehead atoms. The summed E-state index contributed by atoms with van der Waals surface area (Å²) < 4.78 is 44.0. The molecule has 8 heteroatoms. The van der Waals surface area contributed by atoms with Gasteiger partial charge in [0.15, 0.2) is 0 Å². The summed E-state index contributed by atoms with van der Waals surface area (Å²) in [4.78, 5) is 25.6. The highest BCUT2D eigenvalue weighted by atomic mass is 19.4. The molecule has 5 nitrogen and oxygen atoms in total. The van der Waals surface area contributed by atoms with Crippen molar-refractivity contribution in [1.82, 2.24) is 0 Å². The predicted octanol–water partition coefficient (Wildman–Crippen LogP) is 3.85. The van der Waals surface area contributed by atoms with Crippen molar-refractivity contribution in [3.63, 3.8) is 0 Å². The smallest absolute Gasteiger partial charge is 0.416 e. The molecule has 142 valence electrons. The minimum atomic E-state index is -4.55. The summed E-state index contributed by atoms with van der Waals surface area (Å²) in [5.41, 5.74) is -0.394. The summed E-state index contributed by atoms with van der Waals surface area (Å²) in [6, 6.07) is 10.2. The first-order valence-corrected chi connectivity index (χ1v) is 8.33. The van der Waals surface area contributed by atoms with Crippen LogP contribution in [0.4, 0.5) is 24.5 Å². The number of nitrogens with one attached hydrogen (secondary N) is 1. The van der Waals surface area contributed by atoms with Crippen molar-refractivity contribution in [2.75, 3.05) is 16.8 Å². The van der Waals surface area contributed by atoms with Gasteiger partial charge in [0.25, 0.3) is 5.91 Å². The van der Waals surface area contributed by atoms with Gasteiger partial charge < -0.3 is 10.1 Å². The predicted molar refractivity (Wildman–Crippen MR) is 93.6 cm³/mol. The maximum Gasteiger partial charge on any atom is 0.416 e. The van der Waals surface area contributed by atoms with Crippen LogP contribution in [0.2, 0.25) is 0 Å². The molecule has 0 radical (unpaired) electrons.